The molecule has 164 valence electrons. The normalized spacial score (nSPS) is 20.5. The number of hydrogen-bond acceptors (Lipinski definition) is 4. The van der Waals surface area contributed by atoms with Crippen LogP contribution < -0.4 is 19.7 Å². The van der Waals surface area contributed by atoms with Gasteiger partial charge in [-0.15, -0.1) is 0 Å². The Morgan fingerprint density at radius 2 is 1.90 bits per heavy atom. The highest BCUT2D eigenvalue weighted by Gasteiger charge is 2.51. The number of amides is 1. The summed E-state index contributed by atoms with van der Waals surface area (Å²) in [6.45, 7) is 10.5. The highest BCUT2D eigenvalue weighted by atomic mass is 16.7. The lowest BCUT2D eigenvalue weighted by atomic mass is 9.84. The minimum atomic E-state index is -0.456. The summed E-state index contributed by atoms with van der Waals surface area (Å²) in [5.41, 5.74) is 4.30. The fourth-order valence-corrected chi connectivity index (χ4v) is 5.10. The molecule has 3 aliphatic rings. The fourth-order valence-electron chi connectivity index (χ4n) is 5.10. The number of benzene rings is 2. The largest absolute Gasteiger partial charge is 0.454 e. The Labute approximate surface area is 184 Å². The molecule has 2 aromatic carbocycles. The maximum Gasteiger partial charge on any atom is 0.235 e. The Morgan fingerprint density at radius 1 is 1.13 bits per heavy atom. The van der Waals surface area contributed by atoms with Crippen molar-refractivity contribution in [2.75, 3.05) is 23.6 Å². The molecule has 0 spiro atoms. The Bertz CT molecular complexity index is 1020. The van der Waals surface area contributed by atoms with Crippen LogP contribution in [0.5, 0.6) is 11.5 Å². The van der Waals surface area contributed by atoms with E-state index in [0.29, 0.717) is 6.04 Å². The number of nitrogens with zero attached hydrogens (tertiary/aromatic N) is 1. The summed E-state index contributed by atoms with van der Waals surface area (Å²) in [6.07, 6.45) is 3.87. The van der Waals surface area contributed by atoms with Crippen molar-refractivity contribution in [3.05, 3.63) is 47.5 Å². The molecule has 2 aliphatic heterocycles. The zero-order chi connectivity index (χ0) is 21.8. The molecule has 1 N–H and O–H groups in total. The van der Waals surface area contributed by atoms with Crippen LogP contribution in [0.2, 0.25) is 0 Å². The molecule has 2 heterocycles. The third-order valence-electron chi connectivity index (χ3n) is 7.01. The molecule has 0 saturated heterocycles. The third-order valence-corrected chi connectivity index (χ3v) is 7.01. The summed E-state index contributed by atoms with van der Waals surface area (Å²) in [5, 5.41) is 3.21. The van der Waals surface area contributed by atoms with Crippen molar-refractivity contribution in [2.45, 2.75) is 64.8 Å². The van der Waals surface area contributed by atoms with E-state index in [1.807, 2.05) is 18.2 Å². The second kappa shape index (κ2) is 7.18. The third kappa shape index (κ3) is 3.44. The van der Waals surface area contributed by atoms with E-state index in [4.69, 9.17) is 9.47 Å². The van der Waals surface area contributed by atoms with Gasteiger partial charge in [-0.05, 0) is 72.6 Å². The first-order valence-electron chi connectivity index (χ1n) is 11.4. The molecule has 1 amide bonds. The van der Waals surface area contributed by atoms with Gasteiger partial charge in [-0.25, -0.2) is 0 Å². The zero-order valence-corrected chi connectivity index (χ0v) is 19.0. The van der Waals surface area contributed by atoms with E-state index in [1.54, 1.807) is 0 Å². The van der Waals surface area contributed by atoms with Crippen molar-refractivity contribution in [2.24, 2.45) is 5.41 Å². The number of fused-ring (bicyclic) bond motifs is 2. The van der Waals surface area contributed by atoms with Gasteiger partial charge in [0.2, 0.25) is 12.7 Å². The molecule has 0 radical (unpaired) electrons. The number of hydrogen-bond donors (Lipinski definition) is 1. The van der Waals surface area contributed by atoms with E-state index in [-0.39, 0.29) is 18.1 Å². The van der Waals surface area contributed by atoms with Crippen LogP contribution in [0.15, 0.2) is 36.4 Å². The smallest absolute Gasteiger partial charge is 0.235 e. The second-order valence-electron chi connectivity index (χ2n) is 10.2. The molecule has 1 unspecified atom stereocenters. The van der Waals surface area contributed by atoms with Gasteiger partial charge in [-0.1, -0.05) is 33.8 Å². The van der Waals surface area contributed by atoms with Crippen LogP contribution in [0.3, 0.4) is 0 Å². The Hall–Kier alpha value is -2.69. The highest BCUT2D eigenvalue weighted by Crippen LogP contribution is 2.51. The lowest BCUT2D eigenvalue weighted by Crippen LogP contribution is -2.42. The standard InChI is InChI=1S/C26H32N2O3/c1-5-12-28-20-8-7-19(13-17(20)14-23(28)25(2,3)4)27-24(29)26(10-11-26)18-6-9-21-22(15-18)31-16-30-21/h6-9,13,15,23H,5,10-12,14,16H2,1-4H3,(H,27,29). The van der Waals surface area contributed by atoms with E-state index in [2.05, 4.69) is 56.1 Å². The van der Waals surface area contributed by atoms with Crippen LogP contribution in [-0.2, 0) is 16.6 Å². The quantitative estimate of drug-likeness (QED) is 0.716. The Kier molecular flexibility index (Phi) is 4.68. The summed E-state index contributed by atoms with van der Waals surface area (Å²) in [7, 11) is 0. The molecule has 1 atom stereocenters. The monoisotopic (exact) mass is 420 g/mol. The van der Waals surface area contributed by atoms with Gasteiger partial charge in [0, 0.05) is 24.0 Å². The number of anilines is 2. The summed E-state index contributed by atoms with van der Waals surface area (Å²) in [5.74, 6) is 1.56. The minimum absolute atomic E-state index is 0.0714. The summed E-state index contributed by atoms with van der Waals surface area (Å²) < 4.78 is 10.9. The van der Waals surface area contributed by atoms with Crippen LogP contribution >= 0.6 is 0 Å². The van der Waals surface area contributed by atoms with E-state index in [1.165, 1.54) is 11.3 Å². The number of ether oxygens (including phenoxy) is 2. The van der Waals surface area contributed by atoms with Gasteiger partial charge in [0.05, 0.1) is 5.41 Å². The van der Waals surface area contributed by atoms with E-state index in [0.717, 1.165) is 55.0 Å². The van der Waals surface area contributed by atoms with E-state index in [9.17, 15) is 4.79 Å². The van der Waals surface area contributed by atoms with Crippen molar-refractivity contribution in [3.8, 4) is 11.5 Å². The van der Waals surface area contributed by atoms with Gasteiger partial charge in [0.25, 0.3) is 0 Å². The van der Waals surface area contributed by atoms with Gasteiger partial charge in [-0.3, -0.25) is 4.79 Å². The molecule has 2 aromatic rings. The molecule has 5 rings (SSSR count). The minimum Gasteiger partial charge on any atom is -0.454 e. The average molecular weight is 421 g/mol. The van der Waals surface area contributed by atoms with Crippen molar-refractivity contribution in [1.82, 2.24) is 0 Å². The first kappa shape index (κ1) is 20.2. The van der Waals surface area contributed by atoms with Crippen LogP contribution in [0.25, 0.3) is 0 Å². The molecular formula is C26H32N2O3. The SMILES string of the molecule is CCCN1c2ccc(NC(=O)C3(c4ccc5c(c4)OCO5)CC3)cc2CC1C(C)(C)C. The van der Waals surface area contributed by atoms with Gasteiger partial charge < -0.3 is 19.7 Å². The summed E-state index contributed by atoms with van der Waals surface area (Å²) in [6, 6.07) is 12.8. The number of carbonyl (C=O) groups excluding carboxylic acids is 1. The van der Waals surface area contributed by atoms with Gasteiger partial charge in [-0.2, -0.15) is 0 Å². The second-order valence-corrected chi connectivity index (χ2v) is 10.2. The molecular weight excluding hydrogens is 388 g/mol. The van der Waals surface area contributed by atoms with Crippen molar-refractivity contribution < 1.29 is 14.3 Å². The first-order chi connectivity index (χ1) is 14.8. The highest BCUT2D eigenvalue weighted by molar-refractivity contribution is 6.01. The van der Waals surface area contributed by atoms with Crippen molar-refractivity contribution >= 4 is 17.3 Å². The molecule has 0 aromatic heterocycles. The lowest BCUT2D eigenvalue weighted by molar-refractivity contribution is -0.118. The van der Waals surface area contributed by atoms with Gasteiger partial charge in [0.1, 0.15) is 0 Å². The van der Waals surface area contributed by atoms with E-state index < -0.39 is 5.41 Å². The predicted molar refractivity (Wildman–Crippen MR) is 123 cm³/mol. The van der Waals surface area contributed by atoms with Crippen molar-refractivity contribution in [1.29, 1.82) is 0 Å². The molecule has 1 aliphatic carbocycles. The van der Waals surface area contributed by atoms with Gasteiger partial charge >= 0.3 is 0 Å². The summed E-state index contributed by atoms with van der Waals surface area (Å²) in [4.78, 5) is 15.8. The van der Waals surface area contributed by atoms with E-state index >= 15 is 0 Å². The lowest BCUT2D eigenvalue weighted by Gasteiger charge is -2.36. The predicted octanol–water partition coefficient (Wildman–Crippen LogP) is 5.27. The molecule has 1 fully saturated rings. The molecule has 1 saturated carbocycles. The van der Waals surface area contributed by atoms with Crippen LogP contribution in [0, 0.1) is 5.41 Å². The van der Waals surface area contributed by atoms with Crippen LogP contribution in [-0.4, -0.2) is 25.3 Å². The molecule has 31 heavy (non-hydrogen) atoms. The molecule has 5 nitrogen and oxygen atoms in total. The molecule has 5 heteroatoms. The maximum absolute atomic E-state index is 13.3. The first-order valence-corrected chi connectivity index (χ1v) is 11.4. The summed E-state index contributed by atoms with van der Waals surface area (Å²) >= 11 is 0. The maximum atomic E-state index is 13.3. The number of carbonyl (C=O) groups is 1. The fraction of sp³-hybridized carbons (Fsp3) is 0.500. The zero-order valence-electron chi connectivity index (χ0n) is 19.0. The average Bonchev–Trinajstić information content (AvgIpc) is 3.27. The Morgan fingerprint density at radius 3 is 2.61 bits per heavy atom. The van der Waals surface area contributed by atoms with Crippen molar-refractivity contribution in [3.63, 3.8) is 0 Å². The Balaban J connectivity index is 1.36. The van der Waals surface area contributed by atoms with Gasteiger partial charge in [0.15, 0.2) is 11.5 Å². The van der Waals surface area contributed by atoms with Crippen LogP contribution in [0.1, 0.15) is 58.1 Å². The molecule has 0 bridgehead atoms. The number of nitrogens with one attached hydrogen (secondary N) is 1. The number of rotatable bonds is 5. The topological polar surface area (TPSA) is 50.8 Å². The van der Waals surface area contributed by atoms with Crippen LogP contribution in [0.4, 0.5) is 11.4 Å².